The highest BCUT2D eigenvalue weighted by Gasteiger charge is 2.19. The predicted molar refractivity (Wildman–Crippen MR) is 75.4 cm³/mol. The lowest BCUT2D eigenvalue weighted by molar-refractivity contribution is 0.103. The van der Waals surface area contributed by atoms with E-state index in [1.165, 1.54) is 24.8 Å². The minimum absolute atomic E-state index is 0.0488. The lowest BCUT2D eigenvalue weighted by atomic mass is 9.80. The normalized spacial score (nSPS) is 15.0. The molecule has 3 rings (SSSR count). The van der Waals surface area contributed by atoms with E-state index in [4.69, 9.17) is 0 Å². The molecule has 2 nitrogen and oxygen atoms in total. The first kappa shape index (κ1) is 12.1. The lowest BCUT2D eigenvalue weighted by Crippen LogP contribution is -2.09. The van der Waals surface area contributed by atoms with Crippen LogP contribution in [0.3, 0.4) is 0 Å². The van der Waals surface area contributed by atoms with Crippen LogP contribution < -0.4 is 0 Å². The largest absolute Gasteiger partial charge is 0.289 e. The zero-order valence-electron chi connectivity index (χ0n) is 11.1. The molecule has 0 amide bonds. The Kier molecular flexibility index (Phi) is 3.16. The summed E-state index contributed by atoms with van der Waals surface area (Å²) in [5, 5.41) is 0. The SMILES string of the molecule is Cc1ccc(C(=O)c2ccc(C3CCC3)cc2)cn1. The number of carbonyl (C=O) groups excluding carboxylic acids is 1. The molecule has 1 aliphatic carbocycles. The Labute approximate surface area is 113 Å². The van der Waals surface area contributed by atoms with E-state index in [2.05, 4.69) is 17.1 Å². The van der Waals surface area contributed by atoms with Gasteiger partial charge in [-0.25, -0.2) is 0 Å². The Morgan fingerprint density at radius 3 is 2.26 bits per heavy atom. The van der Waals surface area contributed by atoms with Crippen molar-refractivity contribution in [2.45, 2.75) is 32.1 Å². The maximum absolute atomic E-state index is 12.3. The van der Waals surface area contributed by atoms with Gasteiger partial charge in [0.25, 0.3) is 0 Å². The fraction of sp³-hybridized carbons (Fsp3) is 0.294. The number of carbonyl (C=O) groups is 1. The van der Waals surface area contributed by atoms with E-state index < -0.39 is 0 Å². The van der Waals surface area contributed by atoms with Gasteiger partial charge in [0.05, 0.1) is 0 Å². The Morgan fingerprint density at radius 1 is 1.05 bits per heavy atom. The molecule has 1 aromatic heterocycles. The molecule has 1 fully saturated rings. The summed E-state index contributed by atoms with van der Waals surface area (Å²) in [5.74, 6) is 0.762. The van der Waals surface area contributed by atoms with Crippen molar-refractivity contribution < 1.29 is 4.79 Å². The van der Waals surface area contributed by atoms with Crippen LogP contribution >= 0.6 is 0 Å². The summed E-state index contributed by atoms with van der Waals surface area (Å²) in [6, 6.07) is 11.8. The zero-order valence-corrected chi connectivity index (χ0v) is 11.1. The van der Waals surface area contributed by atoms with Crippen LogP contribution in [0.5, 0.6) is 0 Å². The quantitative estimate of drug-likeness (QED) is 0.775. The Hall–Kier alpha value is -1.96. The van der Waals surface area contributed by atoms with Gasteiger partial charge in [0, 0.05) is 23.0 Å². The molecule has 1 aliphatic rings. The number of hydrogen-bond acceptors (Lipinski definition) is 2. The van der Waals surface area contributed by atoms with E-state index in [1.807, 2.05) is 31.2 Å². The topological polar surface area (TPSA) is 30.0 Å². The summed E-state index contributed by atoms with van der Waals surface area (Å²) < 4.78 is 0. The summed E-state index contributed by atoms with van der Waals surface area (Å²) >= 11 is 0. The molecular weight excluding hydrogens is 234 g/mol. The first-order valence-electron chi connectivity index (χ1n) is 6.81. The summed E-state index contributed by atoms with van der Waals surface area (Å²) in [5.41, 5.74) is 3.69. The first-order chi connectivity index (χ1) is 9.24. The fourth-order valence-corrected chi connectivity index (χ4v) is 2.42. The van der Waals surface area contributed by atoms with E-state index in [0.29, 0.717) is 11.5 Å². The molecular formula is C17H17NO. The second-order valence-corrected chi connectivity index (χ2v) is 5.27. The van der Waals surface area contributed by atoms with Crippen LogP contribution in [-0.4, -0.2) is 10.8 Å². The summed E-state index contributed by atoms with van der Waals surface area (Å²) in [7, 11) is 0. The molecule has 1 aromatic carbocycles. The smallest absolute Gasteiger partial charge is 0.194 e. The molecule has 0 spiro atoms. The van der Waals surface area contributed by atoms with Gasteiger partial charge in [-0.1, -0.05) is 30.7 Å². The molecule has 19 heavy (non-hydrogen) atoms. The maximum Gasteiger partial charge on any atom is 0.194 e. The third-order valence-corrected chi connectivity index (χ3v) is 3.92. The minimum Gasteiger partial charge on any atom is -0.289 e. The number of benzene rings is 1. The van der Waals surface area contributed by atoms with Crippen molar-refractivity contribution in [3.05, 3.63) is 65.0 Å². The van der Waals surface area contributed by atoms with Gasteiger partial charge in [-0.05, 0) is 43.4 Å². The number of rotatable bonds is 3. The number of aromatic nitrogens is 1. The molecule has 0 aliphatic heterocycles. The molecule has 0 radical (unpaired) electrons. The van der Waals surface area contributed by atoms with Gasteiger partial charge in [0.1, 0.15) is 0 Å². The molecule has 0 atom stereocenters. The Balaban J connectivity index is 1.81. The van der Waals surface area contributed by atoms with E-state index >= 15 is 0 Å². The van der Waals surface area contributed by atoms with Gasteiger partial charge in [-0.3, -0.25) is 9.78 Å². The third kappa shape index (κ3) is 2.43. The number of ketones is 1. The fourth-order valence-electron chi connectivity index (χ4n) is 2.42. The highest BCUT2D eigenvalue weighted by molar-refractivity contribution is 6.08. The maximum atomic E-state index is 12.3. The van der Waals surface area contributed by atoms with E-state index in [1.54, 1.807) is 6.20 Å². The van der Waals surface area contributed by atoms with Gasteiger partial charge in [-0.15, -0.1) is 0 Å². The standard InChI is InChI=1S/C17H17NO/c1-12-5-6-16(11-18-12)17(19)15-9-7-14(8-10-15)13-3-2-4-13/h5-11,13H,2-4H2,1H3. The van der Waals surface area contributed by atoms with Gasteiger partial charge < -0.3 is 0 Å². The predicted octanol–water partition coefficient (Wildman–Crippen LogP) is 3.89. The lowest BCUT2D eigenvalue weighted by Gasteiger charge is -2.25. The van der Waals surface area contributed by atoms with Crippen LogP contribution in [0.15, 0.2) is 42.6 Å². The van der Waals surface area contributed by atoms with Crippen LogP contribution in [0.2, 0.25) is 0 Å². The second kappa shape index (κ2) is 4.96. The van der Waals surface area contributed by atoms with E-state index in [0.717, 1.165) is 11.3 Å². The molecule has 2 heteroatoms. The van der Waals surface area contributed by atoms with Crippen LogP contribution in [0.25, 0.3) is 0 Å². The molecule has 96 valence electrons. The molecule has 0 saturated heterocycles. The van der Waals surface area contributed by atoms with E-state index in [-0.39, 0.29) is 5.78 Å². The van der Waals surface area contributed by atoms with Gasteiger partial charge in [0.15, 0.2) is 5.78 Å². The van der Waals surface area contributed by atoms with Crippen molar-refractivity contribution in [1.29, 1.82) is 0 Å². The first-order valence-corrected chi connectivity index (χ1v) is 6.81. The van der Waals surface area contributed by atoms with Crippen LogP contribution in [-0.2, 0) is 0 Å². The monoisotopic (exact) mass is 251 g/mol. The van der Waals surface area contributed by atoms with Crippen molar-refractivity contribution >= 4 is 5.78 Å². The van der Waals surface area contributed by atoms with Gasteiger partial charge in [-0.2, -0.15) is 0 Å². The van der Waals surface area contributed by atoms with Crippen LogP contribution in [0, 0.1) is 6.92 Å². The van der Waals surface area contributed by atoms with Gasteiger partial charge >= 0.3 is 0 Å². The zero-order chi connectivity index (χ0) is 13.2. The highest BCUT2D eigenvalue weighted by atomic mass is 16.1. The van der Waals surface area contributed by atoms with Crippen molar-refractivity contribution in [3.8, 4) is 0 Å². The minimum atomic E-state index is 0.0488. The highest BCUT2D eigenvalue weighted by Crippen LogP contribution is 2.36. The number of nitrogens with zero attached hydrogens (tertiary/aromatic N) is 1. The average molecular weight is 251 g/mol. The number of hydrogen-bond donors (Lipinski definition) is 0. The Bertz CT molecular complexity index is 580. The summed E-state index contributed by atoms with van der Waals surface area (Å²) in [6.07, 6.45) is 5.56. The average Bonchev–Trinajstić information content (AvgIpc) is 2.38. The van der Waals surface area contributed by atoms with Crippen LogP contribution in [0.1, 0.15) is 52.4 Å². The van der Waals surface area contributed by atoms with Crippen molar-refractivity contribution in [3.63, 3.8) is 0 Å². The molecule has 1 heterocycles. The number of aryl methyl sites for hydroxylation is 1. The molecule has 0 N–H and O–H groups in total. The summed E-state index contributed by atoms with van der Waals surface area (Å²) in [6.45, 7) is 1.92. The van der Waals surface area contributed by atoms with Gasteiger partial charge in [0.2, 0.25) is 0 Å². The van der Waals surface area contributed by atoms with Crippen LogP contribution in [0.4, 0.5) is 0 Å². The second-order valence-electron chi connectivity index (χ2n) is 5.27. The third-order valence-electron chi connectivity index (χ3n) is 3.92. The van der Waals surface area contributed by atoms with E-state index in [9.17, 15) is 4.79 Å². The molecule has 0 bridgehead atoms. The Morgan fingerprint density at radius 2 is 1.74 bits per heavy atom. The molecule has 2 aromatic rings. The molecule has 1 saturated carbocycles. The van der Waals surface area contributed by atoms with Crippen molar-refractivity contribution in [1.82, 2.24) is 4.98 Å². The molecule has 0 unspecified atom stereocenters. The summed E-state index contributed by atoms with van der Waals surface area (Å²) in [4.78, 5) is 16.5. The number of pyridine rings is 1. The van der Waals surface area contributed by atoms with Crippen molar-refractivity contribution in [2.24, 2.45) is 0 Å². The van der Waals surface area contributed by atoms with Crippen molar-refractivity contribution in [2.75, 3.05) is 0 Å².